The molecule has 1 atom stereocenters. The van der Waals surface area contributed by atoms with E-state index < -0.39 is 0 Å². The lowest BCUT2D eigenvalue weighted by Crippen LogP contribution is -2.32. The molecule has 6 heteroatoms. The summed E-state index contributed by atoms with van der Waals surface area (Å²) in [5.74, 6) is -0.0730. The summed E-state index contributed by atoms with van der Waals surface area (Å²) in [5.41, 5.74) is 12.6. The van der Waals surface area contributed by atoms with Crippen molar-refractivity contribution in [2.45, 2.75) is 13.3 Å². The van der Waals surface area contributed by atoms with Crippen LogP contribution in [0.3, 0.4) is 0 Å². The summed E-state index contributed by atoms with van der Waals surface area (Å²) in [6, 6.07) is 13.4. The fourth-order valence-electron chi connectivity index (χ4n) is 3.33. The number of Topliss-reactive ketones (excluding diaryl/α,β-unsaturated/α-hetero) is 1. The molecule has 6 nitrogen and oxygen atoms in total. The Morgan fingerprint density at radius 2 is 1.96 bits per heavy atom. The van der Waals surface area contributed by atoms with E-state index in [4.69, 9.17) is 4.74 Å². The fourth-order valence-corrected chi connectivity index (χ4v) is 3.33. The van der Waals surface area contributed by atoms with Crippen LogP contribution in [-0.2, 0) is 6.42 Å². The van der Waals surface area contributed by atoms with Gasteiger partial charge in [0.05, 0.1) is 41.1 Å². The Morgan fingerprint density at radius 3 is 2.73 bits per heavy atom. The summed E-state index contributed by atoms with van der Waals surface area (Å²) in [7, 11) is 1.55. The Kier molecular flexibility index (Phi) is 3.82. The molecular weight excluding hydrogens is 328 g/mol. The number of aromatic nitrogens is 2. The van der Waals surface area contributed by atoms with Crippen LogP contribution >= 0.6 is 0 Å². The normalized spacial score (nSPS) is 16.3. The number of benzene rings is 1. The van der Waals surface area contributed by atoms with Gasteiger partial charge in [0, 0.05) is 11.8 Å². The fraction of sp³-hybridized carbons (Fsp3) is 0.200. The number of ketones is 1. The molecule has 1 aromatic carbocycles. The van der Waals surface area contributed by atoms with Crippen LogP contribution in [0.2, 0.25) is 0 Å². The first kappa shape index (κ1) is 16.1. The summed E-state index contributed by atoms with van der Waals surface area (Å²) in [6.07, 6.45) is 0.516. The van der Waals surface area contributed by atoms with Crippen molar-refractivity contribution in [1.82, 2.24) is 9.97 Å². The largest absolute Gasteiger partial charge is 0.480 e. The molecule has 0 aliphatic heterocycles. The van der Waals surface area contributed by atoms with E-state index in [1.54, 1.807) is 13.2 Å². The van der Waals surface area contributed by atoms with Crippen LogP contribution in [0.4, 0.5) is 0 Å². The number of carbonyl (C=O) groups excluding carboxylic acids is 1. The van der Waals surface area contributed by atoms with Gasteiger partial charge in [-0.15, -0.1) is 0 Å². The molecule has 0 amide bonds. The van der Waals surface area contributed by atoms with Crippen LogP contribution in [-0.4, -0.2) is 33.4 Å². The molecule has 0 spiro atoms. The maximum absolute atomic E-state index is 12.7. The molecule has 0 saturated heterocycles. The maximum atomic E-state index is 12.7. The number of methoxy groups -OCH3 is 1. The van der Waals surface area contributed by atoms with Crippen LogP contribution in [0.1, 0.15) is 23.0 Å². The van der Waals surface area contributed by atoms with Crippen LogP contribution in [0, 0.1) is 5.92 Å². The van der Waals surface area contributed by atoms with Gasteiger partial charge in [-0.25, -0.2) is 9.97 Å². The first-order valence-corrected chi connectivity index (χ1v) is 8.33. The molecular formula is C20H16N4O2. The smallest absolute Gasteiger partial charge is 0.342 e. The number of nitrogens with zero attached hydrogens (tertiary/aromatic N) is 4. The van der Waals surface area contributed by atoms with Crippen LogP contribution < -0.4 is 4.74 Å². The van der Waals surface area contributed by atoms with Gasteiger partial charge in [0.2, 0.25) is 5.88 Å². The third-order valence-corrected chi connectivity index (χ3v) is 4.69. The molecule has 1 aliphatic rings. The average Bonchev–Trinajstić information content (AvgIpc) is 2.67. The van der Waals surface area contributed by atoms with Crippen molar-refractivity contribution in [2.75, 3.05) is 7.11 Å². The van der Waals surface area contributed by atoms with Gasteiger partial charge in [-0.1, -0.05) is 31.2 Å². The maximum Gasteiger partial charge on any atom is 0.342 e. The molecule has 1 aliphatic carbocycles. The van der Waals surface area contributed by atoms with Gasteiger partial charge < -0.3 is 10.3 Å². The standard InChI is InChI=1S/C20H16N4O2/c1-11-9-17-13(19(25)18(11)24-21)10-14(20(23-17)26-2)16-8-7-12-5-3-4-6-15(12)22-16/h3-8,10-11H,9H2,1-2H3. The van der Waals surface area contributed by atoms with Gasteiger partial charge in [-0.2, -0.15) is 4.79 Å². The quantitative estimate of drug-likeness (QED) is 0.527. The average molecular weight is 344 g/mol. The molecule has 2 heterocycles. The number of hydrogen-bond donors (Lipinski definition) is 0. The van der Waals surface area contributed by atoms with Crippen LogP contribution in [0.25, 0.3) is 27.7 Å². The predicted molar refractivity (Wildman–Crippen MR) is 97.4 cm³/mol. The number of hydrogen-bond acceptors (Lipinski definition) is 4. The first-order valence-electron chi connectivity index (χ1n) is 8.33. The minimum Gasteiger partial charge on any atom is -0.480 e. The molecule has 0 bridgehead atoms. The number of para-hydroxylation sites is 1. The lowest BCUT2D eigenvalue weighted by Gasteiger charge is -2.18. The molecule has 1 unspecified atom stereocenters. The molecule has 26 heavy (non-hydrogen) atoms. The van der Waals surface area contributed by atoms with E-state index in [-0.39, 0.29) is 17.4 Å². The highest BCUT2D eigenvalue weighted by atomic mass is 16.5. The van der Waals surface area contributed by atoms with Crippen LogP contribution in [0.5, 0.6) is 5.88 Å². The van der Waals surface area contributed by atoms with Crippen molar-refractivity contribution in [3.63, 3.8) is 0 Å². The van der Waals surface area contributed by atoms with Crippen molar-refractivity contribution in [3.8, 4) is 17.1 Å². The zero-order valence-electron chi connectivity index (χ0n) is 14.4. The van der Waals surface area contributed by atoms with Crippen molar-refractivity contribution in [2.24, 2.45) is 5.92 Å². The van der Waals surface area contributed by atoms with Crippen molar-refractivity contribution < 1.29 is 14.3 Å². The van der Waals surface area contributed by atoms with E-state index in [9.17, 15) is 10.3 Å². The number of carbonyl (C=O) groups is 1. The summed E-state index contributed by atoms with van der Waals surface area (Å²) >= 11 is 0. The third kappa shape index (κ3) is 2.48. The number of ether oxygens (including phenoxy) is 1. The summed E-state index contributed by atoms with van der Waals surface area (Å²) < 4.78 is 5.46. The second-order valence-electron chi connectivity index (χ2n) is 6.35. The highest BCUT2D eigenvalue weighted by Crippen LogP contribution is 2.33. The lowest BCUT2D eigenvalue weighted by molar-refractivity contribution is -0.0135. The first-order chi connectivity index (χ1) is 12.6. The molecule has 0 saturated carbocycles. The van der Waals surface area contributed by atoms with E-state index in [0.717, 1.165) is 10.9 Å². The van der Waals surface area contributed by atoms with Gasteiger partial charge in [0.1, 0.15) is 0 Å². The van der Waals surface area contributed by atoms with E-state index in [0.29, 0.717) is 34.8 Å². The van der Waals surface area contributed by atoms with E-state index in [1.165, 1.54) is 0 Å². The molecule has 0 radical (unpaired) electrons. The van der Waals surface area contributed by atoms with Crippen molar-refractivity contribution >= 4 is 22.4 Å². The van der Waals surface area contributed by atoms with E-state index in [1.807, 2.05) is 43.3 Å². The number of rotatable bonds is 2. The second kappa shape index (κ2) is 6.17. The molecule has 128 valence electrons. The Bertz CT molecular complexity index is 1100. The zero-order chi connectivity index (χ0) is 18.3. The monoisotopic (exact) mass is 344 g/mol. The van der Waals surface area contributed by atoms with Crippen molar-refractivity contribution in [3.05, 3.63) is 59.3 Å². The number of fused-ring (bicyclic) bond motifs is 2. The third-order valence-electron chi connectivity index (χ3n) is 4.69. The zero-order valence-corrected chi connectivity index (χ0v) is 14.4. The topological polar surface area (TPSA) is 88.5 Å². The predicted octanol–water partition coefficient (Wildman–Crippen LogP) is 3.35. The van der Waals surface area contributed by atoms with E-state index in [2.05, 4.69) is 14.8 Å². The van der Waals surface area contributed by atoms with Gasteiger partial charge >= 0.3 is 5.71 Å². The molecule has 4 rings (SSSR count). The molecule has 2 aromatic heterocycles. The van der Waals surface area contributed by atoms with Gasteiger partial charge in [-0.3, -0.25) is 4.79 Å². The highest BCUT2D eigenvalue weighted by molar-refractivity contribution is 6.45. The van der Waals surface area contributed by atoms with Gasteiger partial charge in [0.25, 0.3) is 5.78 Å². The minimum atomic E-state index is -0.307. The van der Waals surface area contributed by atoms with Gasteiger partial charge in [0.15, 0.2) is 0 Å². The van der Waals surface area contributed by atoms with Crippen LogP contribution in [0.15, 0.2) is 42.5 Å². The Morgan fingerprint density at radius 1 is 1.15 bits per heavy atom. The SMILES string of the molecule is COc1nc2c(cc1-c1ccc3ccccc3n1)C(=O)C(=[N+]=[N-])C(C)C2. The minimum absolute atomic E-state index is 0.155. The van der Waals surface area contributed by atoms with Gasteiger partial charge in [-0.05, 0) is 18.2 Å². The molecule has 3 aromatic rings. The van der Waals surface area contributed by atoms with Crippen molar-refractivity contribution in [1.29, 1.82) is 0 Å². The Hall–Kier alpha value is -3.37. The molecule has 0 N–H and O–H groups in total. The number of pyridine rings is 2. The van der Waals surface area contributed by atoms with E-state index >= 15 is 0 Å². The Labute approximate surface area is 150 Å². The highest BCUT2D eigenvalue weighted by Gasteiger charge is 2.37. The molecule has 0 fully saturated rings. The second-order valence-corrected chi connectivity index (χ2v) is 6.35. The summed E-state index contributed by atoms with van der Waals surface area (Å²) in [5, 5.41) is 1.03. The summed E-state index contributed by atoms with van der Waals surface area (Å²) in [4.78, 5) is 25.1. The lowest BCUT2D eigenvalue weighted by atomic mass is 9.84. The summed E-state index contributed by atoms with van der Waals surface area (Å²) in [6.45, 7) is 1.84. The Balaban J connectivity index is 1.92.